The molecule has 2 aromatic carbocycles. The Bertz CT molecular complexity index is 684. The fourth-order valence-corrected chi connectivity index (χ4v) is 3.36. The molecule has 5 nitrogen and oxygen atoms in total. The second-order valence-corrected chi connectivity index (χ2v) is 7.00. The number of aromatic carboxylic acids is 1. The second kappa shape index (κ2) is 9.01. The minimum Gasteiger partial charge on any atom is -0.478 e. The molecule has 0 saturated heterocycles. The van der Waals surface area contributed by atoms with Gasteiger partial charge in [0.05, 0.1) is 24.4 Å². The molecule has 0 aromatic heterocycles. The van der Waals surface area contributed by atoms with Crippen LogP contribution in [0, 0.1) is 5.92 Å². The van der Waals surface area contributed by atoms with Gasteiger partial charge in [-0.15, -0.1) is 11.8 Å². The van der Waals surface area contributed by atoms with E-state index in [4.69, 9.17) is 10.2 Å². The number of aliphatic hydroxyl groups is 3. The van der Waals surface area contributed by atoms with Crippen LogP contribution in [0.5, 0.6) is 0 Å². The zero-order valence-electron chi connectivity index (χ0n) is 13.9. The molecule has 0 aliphatic carbocycles. The van der Waals surface area contributed by atoms with Crippen LogP contribution >= 0.6 is 11.8 Å². The van der Waals surface area contributed by atoms with E-state index < -0.39 is 18.2 Å². The summed E-state index contributed by atoms with van der Waals surface area (Å²) in [7, 11) is 0. The van der Waals surface area contributed by atoms with Crippen molar-refractivity contribution < 1.29 is 25.2 Å². The first kappa shape index (κ1) is 19.5. The summed E-state index contributed by atoms with van der Waals surface area (Å²) < 4.78 is 0. The van der Waals surface area contributed by atoms with Crippen LogP contribution in [-0.4, -0.2) is 38.3 Å². The van der Waals surface area contributed by atoms with Crippen LogP contribution in [0.25, 0.3) is 0 Å². The van der Waals surface area contributed by atoms with Crippen molar-refractivity contribution in [2.75, 3.05) is 5.75 Å². The van der Waals surface area contributed by atoms with Gasteiger partial charge < -0.3 is 20.4 Å². The zero-order valence-corrected chi connectivity index (χ0v) is 14.7. The normalized spacial score (nSPS) is 14.7. The number of carboxylic acid groups (broad SMARTS) is 1. The summed E-state index contributed by atoms with van der Waals surface area (Å²) in [6.07, 6.45) is -1.53. The smallest absolute Gasteiger partial charge is 0.335 e. The number of carboxylic acids is 1. The number of aliphatic hydroxyl groups excluding tert-OH is 3. The Morgan fingerprint density at radius 2 is 1.64 bits per heavy atom. The summed E-state index contributed by atoms with van der Waals surface area (Å²) in [5, 5.41) is 38.7. The van der Waals surface area contributed by atoms with Crippen molar-refractivity contribution in [3.63, 3.8) is 0 Å². The minimum atomic E-state index is -0.972. The third-order valence-electron chi connectivity index (χ3n) is 4.13. The Hall–Kier alpha value is -1.86. The fraction of sp³-hybridized carbons (Fsp3) is 0.316. The van der Waals surface area contributed by atoms with Crippen LogP contribution in [-0.2, 0) is 6.61 Å². The molecule has 0 unspecified atom stereocenters. The fourth-order valence-electron chi connectivity index (χ4n) is 2.36. The van der Waals surface area contributed by atoms with Crippen LogP contribution in [0.3, 0.4) is 0 Å². The summed E-state index contributed by atoms with van der Waals surface area (Å²) in [4.78, 5) is 11.7. The van der Waals surface area contributed by atoms with E-state index in [1.807, 2.05) is 0 Å². The maximum atomic E-state index is 10.8. The lowest BCUT2D eigenvalue weighted by molar-refractivity contribution is 0.0330. The van der Waals surface area contributed by atoms with Gasteiger partial charge in [-0.25, -0.2) is 4.79 Å². The van der Waals surface area contributed by atoms with Gasteiger partial charge in [0.25, 0.3) is 0 Å². The van der Waals surface area contributed by atoms with E-state index >= 15 is 0 Å². The number of rotatable bonds is 8. The molecule has 0 radical (unpaired) electrons. The van der Waals surface area contributed by atoms with Crippen molar-refractivity contribution in [1.82, 2.24) is 0 Å². The van der Waals surface area contributed by atoms with E-state index in [1.165, 1.54) is 23.9 Å². The highest BCUT2D eigenvalue weighted by Gasteiger charge is 2.24. The molecule has 0 fully saturated rings. The van der Waals surface area contributed by atoms with E-state index in [-0.39, 0.29) is 18.1 Å². The summed E-state index contributed by atoms with van der Waals surface area (Å²) in [6.45, 7) is 1.73. The van der Waals surface area contributed by atoms with Gasteiger partial charge in [0.15, 0.2) is 0 Å². The predicted octanol–water partition coefficient (Wildman–Crippen LogP) is 2.70. The van der Waals surface area contributed by atoms with E-state index in [2.05, 4.69) is 0 Å². The maximum absolute atomic E-state index is 10.8. The topological polar surface area (TPSA) is 98.0 Å². The third kappa shape index (κ3) is 5.31. The first-order chi connectivity index (χ1) is 11.9. The number of carbonyl (C=O) groups is 1. The van der Waals surface area contributed by atoms with Gasteiger partial charge in [-0.05, 0) is 35.4 Å². The molecule has 25 heavy (non-hydrogen) atoms. The Morgan fingerprint density at radius 3 is 2.16 bits per heavy atom. The van der Waals surface area contributed by atoms with Crippen LogP contribution in [0.15, 0.2) is 53.4 Å². The Kier molecular flexibility index (Phi) is 7.01. The van der Waals surface area contributed by atoms with Gasteiger partial charge in [-0.2, -0.15) is 0 Å². The van der Waals surface area contributed by atoms with Crippen molar-refractivity contribution in [2.24, 2.45) is 5.92 Å². The molecular weight excluding hydrogens is 340 g/mol. The molecule has 0 bridgehead atoms. The average Bonchev–Trinajstić information content (AvgIpc) is 2.65. The van der Waals surface area contributed by atoms with Crippen LogP contribution in [0.4, 0.5) is 0 Å². The molecular formula is C19H22O5S. The Morgan fingerprint density at radius 1 is 1.04 bits per heavy atom. The van der Waals surface area contributed by atoms with Crippen LogP contribution < -0.4 is 0 Å². The SMILES string of the molecule is C[C@@H]([C@H](O)c1ccc(CO)cc1)[C@@H](O)CSc1ccc(C(=O)O)cc1. The quantitative estimate of drug-likeness (QED) is 0.539. The Labute approximate surface area is 151 Å². The zero-order chi connectivity index (χ0) is 18.4. The molecule has 0 spiro atoms. The van der Waals surface area contributed by atoms with Crippen molar-refractivity contribution in [1.29, 1.82) is 0 Å². The number of hydrogen-bond donors (Lipinski definition) is 4. The molecule has 0 amide bonds. The molecule has 6 heteroatoms. The van der Waals surface area contributed by atoms with Crippen molar-refractivity contribution in [2.45, 2.75) is 30.6 Å². The van der Waals surface area contributed by atoms with Gasteiger partial charge in [0.1, 0.15) is 0 Å². The highest BCUT2D eigenvalue weighted by molar-refractivity contribution is 7.99. The predicted molar refractivity (Wildman–Crippen MR) is 96.6 cm³/mol. The van der Waals surface area contributed by atoms with E-state index in [1.54, 1.807) is 43.3 Å². The van der Waals surface area contributed by atoms with Gasteiger partial charge in [-0.3, -0.25) is 0 Å². The highest BCUT2D eigenvalue weighted by atomic mass is 32.2. The lowest BCUT2D eigenvalue weighted by Gasteiger charge is -2.24. The first-order valence-electron chi connectivity index (χ1n) is 7.94. The number of hydrogen-bond acceptors (Lipinski definition) is 5. The van der Waals surface area contributed by atoms with Crippen molar-refractivity contribution in [3.8, 4) is 0 Å². The number of benzene rings is 2. The van der Waals surface area contributed by atoms with Gasteiger partial charge in [0.2, 0.25) is 0 Å². The number of thioether (sulfide) groups is 1. The summed E-state index contributed by atoms with van der Waals surface area (Å²) in [5.41, 5.74) is 1.68. The van der Waals surface area contributed by atoms with E-state index in [0.29, 0.717) is 11.3 Å². The first-order valence-corrected chi connectivity index (χ1v) is 8.93. The Balaban J connectivity index is 1.92. The molecule has 0 saturated carbocycles. The summed E-state index contributed by atoms with van der Waals surface area (Å²) in [5.74, 6) is -0.953. The van der Waals surface area contributed by atoms with Crippen molar-refractivity contribution in [3.05, 3.63) is 65.2 Å². The summed E-state index contributed by atoms with van der Waals surface area (Å²) >= 11 is 1.41. The molecule has 0 heterocycles. The molecule has 4 N–H and O–H groups in total. The molecule has 134 valence electrons. The van der Waals surface area contributed by atoms with Gasteiger partial charge in [-0.1, -0.05) is 31.2 Å². The lowest BCUT2D eigenvalue weighted by atomic mass is 9.93. The van der Waals surface area contributed by atoms with Gasteiger partial charge in [0, 0.05) is 16.6 Å². The third-order valence-corrected chi connectivity index (χ3v) is 5.24. The highest BCUT2D eigenvalue weighted by Crippen LogP contribution is 2.28. The monoisotopic (exact) mass is 362 g/mol. The molecule has 0 aliphatic heterocycles. The molecule has 2 aromatic rings. The second-order valence-electron chi connectivity index (χ2n) is 5.91. The van der Waals surface area contributed by atoms with E-state index in [0.717, 1.165) is 10.5 Å². The van der Waals surface area contributed by atoms with Crippen LogP contribution in [0.1, 0.15) is 34.5 Å². The van der Waals surface area contributed by atoms with Crippen molar-refractivity contribution >= 4 is 17.7 Å². The average molecular weight is 362 g/mol. The summed E-state index contributed by atoms with van der Waals surface area (Å²) in [6, 6.07) is 13.4. The minimum absolute atomic E-state index is 0.0497. The van der Waals surface area contributed by atoms with Gasteiger partial charge >= 0.3 is 5.97 Å². The molecule has 0 aliphatic rings. The van der Waals surface area contributed by atoms with E-state index in [9.17, 15) is 15.0 Å². The van der Waals surface area contributed by atoms with Crippen LogP contribution in [0.2, 0.25) is 0 Å². The standard InChI is InChI=1S/C19H22O5S/c1-12(18(22)14-4-2-13(10-20)3-5-14)17(21)11-25-16-8-6-15(7-9-16)19(23)24/h2-9,12,17-18,20-22H,10-11H2,1H3,(H,23,24)/t12-,17+,18+/m1/s1. The largest absolute Gasteiger partial charge is 0.478 e. The molecule has 2 rings (SSSR count). The maximum Gasteiger partial charge on any atom is 0.335 e. The molecule has 3 atom stereocenters. The lowest BCUT2D eigenvalue weighted by Crippen LogP contribution is -2.26.